The summed E-state index contributed by atoms with van der Waals surface area (Å²) in [7, 11) is 0. The lowest BCUT2D eigenvalue weighted by Gasteiger charge is -2.35. The van der Waals surface area contributed by atoms with Gasteiger partial charge in [-0.3, -0.25) is 4.90 Å². The van der Waals surface area contributed by atoms with Gasteiger partial charge in [0.15, 0.2) is 0 Å². The van der Waals surface area contributed by atoms with Gasteiger partial charge in [-0.1, -0.05) is 0 Å². The first-order valence-corrected chi connectivity index (χ1v) is 7.15. The molecule has 1 unspecified atom stereocenters. The van der Waals surface area contributed by atoms with Crippen LogP contribution in [0.4, 0.5) is 9.59 Å². The normalized spacial score (nSPS) is 21.2. The van der Waals surface area contributed by atoms with E-state index in [1.54, 1.807) is 9.80 Å². The molecule has 3 amide bonds. The molecule has 1 aromatic heterocycles. The van der Waals surface area contributed by atoms with Crippen LogP contribution in [0.5, 0.6) is 0 Å². The molecule has 21 heavy (non-hydrogen) atoms. The molecule has 2 saturated heterocycles. The number of ether oxygens (including phenoxy) is 1. The third kappa shape index (κ3) is 2.96. The number of rotatable bonds is 3. The molecule has 7 heteroatoms. The van der Waals surface area contributed by atoms with Gasteiger partial charge < -0.3 is 19.4 Å². The number of amides is 3. The lowest BCUT2D eigenvalue weighted by Crippen LogP contribution is -2.56. The van der Waals surface area contributed by atoms with Crippen LogP contribution in [0, 0.1) is 6.92 Å². The van der Waals surface area contributed by atoms with Gasteiger partial charge in [-0.2, -0.15) is 0 Å². The van der Waals surface area contributed by atoms with E-state index >= 15 is 0 Å². The summed E-state index contributed by atoms with van der Waals surface area (Å²) in [6.45, 7) is 4.40. The van der Waals surface area contributed by atoms with E-state index in [1.807, 2.05) is 19.1 Å². The fourth-order valence-electron chi connectivity index (χ4n) is 2.70. The van der Waals surface area contributed by atoms with Crippen LogP contribution in [-0.2, 0) is 11.2 Å². The second kappa shape index (κ2) is 5.67. The summed E-state index contributed by atoms with van der Waals surface area (Å²) >= 11 is 0. The highest BCUT2D eigenvalue weighted by Crippen LogP contribution is 2.17. The molecule has 1 atom stereocenters. The standard InChI is InChI=1S/C14H19N3O4/c1-10-2-3-12(21-10)4-5-15-13(18)16-6-7-17-11(8-16)9-20-14(17)19/h2-3,11H,4-9H2,1H3,(H,15,18). The Kier molecular flexibility index (Phi) is 3.72. The summed E-state index contributed by atoms with van der Waals surface area (Å²) in [6, 6.07) is 3.72. The van der Waals surface area contributed by atoms with Crippen LogP contribution < -0.4 is 5.32 Å². The molecule has 2 fully saturated rings. The predicted octanol–water partition coefficient (Wildman–Crippen LogP) is 0.977. The quantitative estimate of drug-likeness (QED) is 0.901. The van der Waals surface area contributed by atoms with Crippen molar-refractivity contribution in [3.63, 3.8) is 0 Å². The number of piperazine rings is 1. The highest BCUT2D eigenvalue weighted by Gasteiger charge is 2.38. The number of hydrogen-bond donors (Lipinski definition) is 1. The summed E-state index contributed by atoms with van der Waals surface area (Å²) in [5.41, 5.74) is 0. The Bertz CT molecular complexity index is 542. The van der Waals surface area contributed by atoms with Crippen molar-refractivity contribution in [2.75, 3.05) is 32.8 Å². The molecule has 2 aliphatic heterocycles. The first kappa shape index (κ1) is 13.8. The van der Waals surface area contributed by atoms with Crippen molar-refractivity contribution < 1.29 is 18.7 Å². The van der Waals surface area contributed by atoms with Crippen molar-refractivity contribution in [1.29, 1.82) is 0 Å². The topological polar surface area (TPSA) is 75.0 Å². The molecule has 3 rings (SSSR count). The zero-order valence-corrected chi connectivity index (χ0v) is 12.0. The number of carbonyl (C=O) groups is 2. The third-order valence-electron chi connectivity index (χ3n) is 3.85. The molecular formula is C14H19N3O4. The van der Waals surface area contributed by atoms with E-state index in [0.717, 1.165) is 11.5 Å². The molecule has 114 valence electrons. The number of carbonyl (C=O) groups excluding carboxylic acids is 2. The van der Waals surface area contributed by atoms with Crippen molar-refractivity contribution >= 4 is 12.1 Å². The smallest absolute Gasteiger partial charge is 0.410 e. The fourth-order valence-corrected chi connectivity index (χ4v) is 2.70. The average Bonchev–Trinajstić information content (AvgIpc) is 3.05. The second-order valence-corrected chi connectivity index (χ2v) is 5.36. The molecule has 0 aromatic carbocycles. The van der Waals surface area contributed by atoms with E-state index in [2.05, 4.69) is 5.32 Å². The number of furan rings is 1. The zero-order chi connectivity index (χ0) is 14.8. The van der Waals surface area contributed by atoms with Gasteiger partial charge in [0.05, 0.1) is 6.04 Å². The molecule has 1 aromatic rings. The van der Waals surface area contributed by atoms with Crippen LogP contribution in [0.2, 0.25) is 0 Å². The molecule has 0 aliphatic carbocycles. The predicted molar refractivity (Wildman–Crippen MR) is 74.0 cm³/mol. The first-order chi connectivity index (χ1) is 10.1. The Morgan fingerprint density at radius 1 is 1.43 bits per heavy atom. The molecule has 0 saturated carbocycles. The largest absolute Gasteiger partial charge is 0.466 e. The van der Waals surface area contributed by atoms with Crippen LogP contribution in [-0.4, -0.2) is 60.8 Å². The maximum atomic E-state index is 12.1. The summed E-state index contributed by atoms with van der Waals surface area (Å²) in [6.07, 6.45) is 0.401. The van der Waals surface area contributed by atoms with E-state index in [1.165, 1.54) is 0 Å². The highest BCUT2D eigenvalue weighted by atomic mass is 16.6. The van der Waals surface area contributed by atoms with Crippen LogP contribution in [0.3, 0.4) is 0 Å². The third-order valence-corrected chi connectivity index (χ3v) is 3.85. The van der Waals surface area contributed by atoms with E-state index in [0.29, 0.717) is 39.2 Å². The first-order valence-electron chi connectivity index (χ1n) is 7.15. The Labute approximate surface area is 122 Å². The minimum absolute atomic E-state index is 0.00952. The molecule has 7 nitrogen and oxygen atoms in total. The average molecular weight is 293 g/mol. The summed E-state index contributed by atoms with van der Waals surface area (Å²) in [5, 5.41) is 2.88. The number of hydrogen-bond acceptors (Lipinski definition) is 4. The van der Waals surface area contributed by atoms with E-state index in [-0.39, 0.29) is 18.2 Å². The Morgan fingerprint density at radius 2 is 2.29 bits per heavy atom. The summed E-state index contributed by atoms with van der Waals surface area (Å²) in [5.74, 6) is 1.74. The fraction of sp³-hybridized carbons (Fsp3) is 0.571. The zero-order valence-electron chi connectivity index (χ0n) is 12.0. The maximum absolute atomic E-state index is 12.1. The Morgan fingerprint density at radius 3 is 3.05 bits per heavy atom. The minimum Gasteiger partial charge on any atom is -0.466 e. The van der Waals surface area contributed by atoms with E-state index in [9.17, 15) is 9.59 Å². The second-order valence-electron chi connectivity index (χ2n) is 5.36. The van der Waals surface area contributed by atoms with E-state index in [4.69, 9.17) is 9.15 Å². The van der Waals surface area contributed by atoms with Gasteiger partial charge in [0.2, 0.25) is 0 Å². The number of nitrogens with zero attached hydrogens (tertiary/aromatic N) is 2. The van der Waals surface area contributed by atoms with Crippen LogP contribution in [0.15, 0.2) is 16.5 Å². The SMILES string of the molecule is Cc1ccc(CCNC(=O)N2CCN3C(=O)OCC3C2)o1. The van der Waals surface area contributed by atoms with Crippen LogP contribution >= 0.6 is 0 Å². The maximum Gasteiger partial charge on any atom is 0.410 e. The lowest BCUT2D eigenvalue weighted by molar-refractivity contribution is 0.127. The van der Waals surface area contributed by atoms with Gasteiger partial charge in [0.25, 0.3) is 0 Å². The molecule has 0 radical (unpaired) electrons. The van der Waals surface area contributed by atoms with Crippen molar-refractivity contribution in [2.45, 2.75) is 19.4 Å². The lowest BCUT2D eigenvalue weighted by atomic mass is 10.2. The van der Waals surface area contributed by atoms with Gasteiger partial charge in [-0.15, -0.1) is 0 Å². The molecule has 0 spiro atoms. The number of urea groups is 1. The van der Waals surface area contributed by atoms with Gasteiger partial charge in [0.1, 0.15) is 18.1 Å². The molecular weight excluding hydrogens is 274 g/mol. The number of nitrogens with one attached hydrogen (secondary N) is 1. The summed E-state index contributed by atoms with van der Waals surface area (Å²) in [4.78, 5) is 26.9. The van der Waals surface area contributed by atoms with Gasteiger partial charge >= 0.3 is 12.1 Å². The minimum atomic E-state index is -0.270. The number of fused-ring (bicyclic) bond motifs is 1. The molecule has 0 bridgehead atoms. The Balaban J connectivity index is 1.44. The molecule has 3 heterocycles. The van der Waals surface area contributed by atoms with Crippen molar-refractivity contribution in [2.24, 2.45) is 0 Å². The van der Waals surface area contributed by atoms with Crippen LogP contribution in [0.25, 0.3) is 0 Å². The Hall–Kier alpha value is -2.18. The van der Waals surface area contributed by atoms with Gasteiger partial charge in [-0.25, -0.2) is 9.59 Å². The van der Waals surface area contributed by atoms with E-state index < -0.39 is 0 Å². The summed E-state index contributed by atoms with van der Waals surface area (Å²) < 4.78 is 10.4. The van der Waals surface area contributed by atoms with Gasteiger partial charge in [-0.05, 0) is 19.1 Å². The monoisotopic (exact) mass is 293 g/mol. The molecule has 2 aliphatic rings. The highest BCUT2D eigenvalue weighted by molar-refractivity contribution is 5.75. The number of aryl methyl sites for hydroxylation is 1. The van der Waals surface area contributed by atoms with Crippen molar-refractivity contribution in [3.8, 4) is 0 Å². The number of cyclic esters (lactones) is 1. The molecule has 1 N–H and O–H groups in total. The van der Waals surface area contributed by atoms with Crippen LogP contribution in [0.1, 0.15) is 11.5 Å². The van der Waals surface area contributed by atoms with Crippen molar-refractivity contribution in [3.05, 3.63) is 23.7 Å². The van der Waals surface area contributed by atoms with Crippen molar-refractivity contribution in [1.82, 2.24) is 15.1 Å². The van der Waals surface area contributed by atoms with Gasteiger partial charge in [0, 0.05) is 32.6 Å².